The highest BCUT2D eigenvalue weighted by molar-refractivity contribution is 5.47. The van der Waals surface area contributed by atoms with E-state index in [0.717, 1.165) is 37.6 Å². The lowest BCUT2D eigenvalue weighted by atomic mass is 10.2. The normalized spacial score (nSPS) is 15.6. The van der Waals surface area contributed by atoms with Crippen LogP contribution in [0, 0.1) is 0 Å². The molecule has 0 saturated carbocycles. The fourth-order valence-corrected chi connectivity index (χ4v) is 1.82. The molecule has 6 heteroatoms. The molecule has 1 fully saturated rings. The second-order valence-corrected chi connectivity index (χ2v) is 3.61. The Kier molecular flexibility index (Phi) is 3.58. The molecule has 0 radical (unpaired) electrons. The average Bonchev–Trinajstić information content (AvgIpc) is 2.38. The van der Waals surface area contributed by atoms with Gasteiger partial charge in [0.1, 0.15) is 5.82 Å². The predicted molar refractivity (Wildman–Crippen MR) is 62.2 cm³/mol. The van der Waals surface area contributed by atoms with E-state index in [1.54, 1.807) is 6.20 Å². The van der Waals surface area contributed by atoms with Crippen LogP contribution in [0.15, 0.2) is 23.4 Å². The smallest absolute Gasteiger partial charge is 0.131 e. The molecule has 1 aliphatic heterocycles. The second kappa shape index (κ2) is 5.34. The van der Waals surface area contributed by atoms with Gasteiger partial charge in [-0.2, -0.15) is 0 Å². The van der Waals surface area contributed by atoms with Crippen molar-refractivity contribution in [2.75, 3.05) is 31.1 Å². The van der Waals surface area contributed by atoms with Crippen molar-refractivity contribution >= 4 is 5.82 Å². The number of pyridine rings is 1. The lowest BCUT2D eigenvalue weighted by Crippen LogP contribution is -2.44. The van der Waals surface area contributed by atoms with Gasteiger partial charge in [-0.1, -0.05) is 11.2 Å². The standard InChI is InChI=1S/C10H14N6/c11-15-14-8-9-2-1-3-13-10(9)16-6-4-12-5-7-16/h1-3,12H,4-8H2. The molecule has 0 unspecified atom stereocenters. The summed E-state index contributed by atoms with van der Waals surface area (Å²) in [5, 5.41) is 6.89. The van der Waals surface area contributed by atoms with Gasteiger partial charge in [-0.15, -0.1) is 0 Å². The monoisotopic (exact) mass is 218 g/mol. The van der Waals surface area contributed by atoms with E-state index in [2.05, 4.69) is 25.2 Å². The zero-order valence-electron chi connectivity index (χ0n) is 9.00. The number of anilines is 1. The highest BCUT2D eigenvalue weighted by Gasteiger charge is 2.14. The third kappa shape index (κ3) is 2.42. The third-order valence-corrected chi connectivity index (χ3v) is 2.59. The zero-order valence-corrected chi connectivity index (χ0v) is 9.00. The van der Waals surface area contributed by atoms with E-state index in [1.165, 1.54) is 0 Å². The van der Waals surface area contributed by atoms with Crippen LogP contribution in [0.25, 0.3) is 10.4 Å². The number of nitrogens with one attached hydrogen (secondary N) is 1. The maximum atomic E-state index is 8.34. The highest BCUT2D eigenvalue weighted by atomic mass is 15.2. The quantitative estimate of drug-likeness (QED) is 0.472. The first-order valence-corrected chi connectivity index (χ1v) is 5.32. The van der Waals surface area contributed by atoms with Crippen LogP contribution in [0.3, 0.4) is 0 Å². The van der Waals surface area contributed by atoms with Crippen LogP contribution >= 0.6 is 0 Å². The summed E-state index contributed by atoms with van der Waals surface area (Å²) in [6.45, 7) is 4.19. The van der Waals surface area contributed by atoms with E-state index < -0.39 is 0 Å². The molecule has 0 aromatic carbocycles. The first-order valence-electron chi connectivity index (χ1n) is 5.32. The first-order chi connectivity index (χ1) is 7.92. The van der Waals surface area contributed by atoms with Crippen LogP contribution in [-0.2, 0) is 6.54 Å². The maximum absolute atomic E-state index is 8.34. The molecule has 0 bridgehead atoms. The van der Waals surface area contributed by atoms with Gasteiger partial charge in [0.25, 0.3) is 0 Å². The molecule has 0 atom stereocenters. The molecule has 2 rings (SSSR count). The Morgan fingerprint density at radius 2 is 2.31 bits per heavy atom. The van der Waals surface area contributed by atoms with Crippen LogP contribution in [0.2, 0.25) is 0 Å². The number of piperazine rings is 1. The molecular weight excluding hydrogens is 204 g/mol. The fraction of sp³-hybridized carbons (Fsp3) is 0.500. The largest absolute Gasteiger partial charge is 0.354 e. The topological polar surface area (TPSA) is 76.9 Å². The summed E-state index contributed by atoms with van der Waals surface area (Å²) in [7, 11) is 0. The average molecular weight is 218 g/mol. The number of nitrogens with zero attached hydrogens (tertiary/aromatic N) is 5. The van der Waals surface area contributed by atoms with Crippen molar-refractivity contribution < 1.29 is 0 Å². The molecule has 2 heterocycles. The van der Waals surface area contributed by atoms with Crippen LogP contribution in [-0.4, -0.2) is 31.2 Å². The summed E-state index contributed by atoms with van der Waals surface area (Å²) in [5.74, 6) is 0.941. The van der Waals surface area contributed by atoms with Gasteiger partial charge >= 0.3 is 0 Å². The highest BCUT2D eigenvalue weighted by Crippen LogP contribution is 2.18. The minimum Gasteiger partial charge on any atom is -0.354 e. The number of hydrogen-bond donors (Lipinski definition) is 1. The second-order valence-electron chi connectivity index (χ2n) is 3.61. The van der Waals surface area contributed by atoms with Crippen molar-refractivity contribution in [2.45, 2.75) is 6.54 Å². The molecular formula is C10H14N6. The fourth-order valence-electron chi connectivity index (χ4n) is 1.82. The molecule has 1 saturated heterocycles. The number of aromatic nitrogens is 1. The van der Waals surface area contributed by atoms with E-state index in [-0.39, 0.29) is 0 Å². The lowest BCUT2D eigenvalue weighted by Gasteiger charge is -2.29. The molecule has 16 heavy (non-hydrogen) atoms. The Labute approximate surface area is 93.9 Å². The van der Waals surface area contributed by atoms with Crippen molar-refractivity contribution in [2.24, 2.45) is 5.11 Å². The van der Waals surface area contributed by atoms with E-state index in [1.807, 2.05) is 12.1 Å². The molecule has 1 aliphatic rings. The van der Waals surface area contributed by atoms with Gasteiger partial charge in [-0.3, -0.25) is 0 Å². The Morgan fingerprint density at radius 1 is 1.50 bits per heavy atom. The van der Waals surface area contributed by atoms with Gasteiger partial charge < -0.3 is 10.2 Å². The van der Waals surface area contributed by atoms with Crippen molar-refractivity contribution in [1.82, 2.24) is 10.3 Å². The van der Waals surface area contributed by atoms with E-state index in [9.17, 15) is 0 Å². The minimum atomic E-state index is 0.365. The number of rotatable bonds is 3. The molecule has 0 spiro atoms. The summed E-state index contributed by atoms with van der Waals surface area (Å²) < 4.78 is 0. The predicted octanol–water partition coefficient (Wildman–Crippen LogP) is 1.30. The maximum Gasteiger partial charge on any atom is 0.131 e. The summed E-state index contributed by atoms with van der Waals surface area (Å²) in [5.41, 5.74) is 9.33. The molecule has 84 valence electrons. The van der Waals surface area contributed by atoms with Crippen LogP contribution in [0.5, 0.6) is 0 Å². The molecule has 0 aliphatic carbocycles. The lowest BCUT2D eigenvalue weighted by molar-refractivity contribution is 0.583. The van der Waals surface area contributed by atoms with Crippen LogP contribution in [0.1, 0.15) is 5.56 Å². The van der Waals surface area contributed by atoms with Crippen LogP contribution < -0.4 is 10.2 Å². The van der Waals surface area contributed by atoms with E-state index in [0.29, 0.717) is 6.54 Å². The zero-order chi connectivity index (χ0) is 11.2. The van der Waals surface area contributed by atoms with Gasteiger partial charge in [0.2, 0.25) is 0 Å². The molecule has 0 amide bonds. The van der Waals surface area contributed by atoms with E-state index >= 15 is 0 Å². The third-order valence-electron chi connectivity index (χ3n) is 2.59. The van der Waals surface area contributed by atoms with Gasteiger partial charge in [0.05, 0.1) is 6.54 Å². The minimum absolute atomic E-state index is 0.365. The molecule has 1 aromatic rings. The summed E-state index contributed by atoms with van der Waals surface area (Å²) in [4.78, 5) is 9.37. The Morgan fingerprint density at radius 3 is 3.06 bits per heavy atom. The summed E-state index contributed by atoms with van der Waals surface area (Å²) in [6.07, 6.45) is 1.77. The van der Waals surface area contributed by atoms with Crippen molar-refractivity contribution in [3.63, 3.8) is 0 Å². The Bertz CT molecular complexity index is 392. The molecule has 1 aromatic heterocycles. The summed E-state index contributed by atoms with van der Waals surface area (Å²) >= 11 is 0. The Hall–Kier alpha value is -1.78. The summed E-state index contributed by atoms with van der Waals surface area (Å²) in [6, 6.07) is 3.83. The van der Waals surface area contributed by atoms with Crippen molar-refractivity contribution in [1.29, 1.82) is 0 Å². The van der Waals surface area contributed by atoms with Gasteiger partial charge in [0.15, 0.2) is 0 Å². The van der Waals surface area contributed by atoms with Crippen LogP contribution in [0.4, 0.5) is 5.82 Å². The Balaban J connectivity index is 2.20. The van der Waals surface area contributed by atoms with E-state index in [4.69, 9.17) is 5.53 Å². The SMILES string of the molecule is [N-]=[N+]=NCc1cccnc1N1CCNCC1. The number of azide groups is 1. The molecule has 1 N–H and O–H groups in total. The molecule has 6 nitrogen and oxygen atoms in total. The number of hydrogen-bond acceptors (Lipinski definition) is 4. The first kappa shape index (κ1) is 10.7. The van der Waals surface area contributed by atoms with Crippen molar-refractivity contribution in [3.05, 3.63) is 34.3 Å². The van der Waals surface area contributed by atoms with Gasteiger partial charge in [-0.25, -0.2) is 4.98 Å². The van der Waals surface area contributed by atoms with Crippen molar-refractivity contribution in [3.8, 4) is 0 Å². The van der Waals surface area contributed by atoms with Gasteiger partial charge in [-0.05, 0) is 11.6 Å². The van der Waals surface area contributed by atoms with Gasteiger partial charge in [0, 0.05) is 42.9 Å².